The number of hydrogen-bond acceptors (Lipinski definition) is 4. The SMILES string of the molecule is COCC(O)CN(C)C(=O)c1cscc1C. The molecule has 0 spiro atoms. The van der Waals surface area contributed by atoms with Crippen molar-refractivity contribution in [2.45, 2.75) is 13.0 Å². The van der Waals surface area contributed by atoms with Crippen molar-refractivity contribution < 1.29 is 14.6 Å². The first-order chi connectivity index (χ1) is 7.56. The number of carbonyl (C=O) groups excluding carboxylic acids is 1. The number of likely N-dealkylation sites (N-methyl/N-ethyl adjacent to an activating group) is 1. The third-order valence-corrected chi connectivity index (χ3v) is 3.14. The number of ether oxygens (including phenoxy) is 1. The van der Waals surface area contributed by atoms with E-state index in [0.717, 1.165) is 5.56 Å². The summed E-state index contributed by atoms with van der Waals surface area (Å²) in [5.41, 5.74) is 1.68. The Morgan fingerprint density at radius 2 is 2.31 bits per heavy atom. The van der Waals surface area contributed by atoms with Gasteiger partial charge >= 0.3 is 0 Å². The summed E-state index contributed by atoms with van der Waals surface area (Å²) in [6.07, 6.45) is -0.641. The minimum atomic E-state index is -0.641. The van der Waals surface area contributed by atoms with Crippen LogP contribution in [-0.4, -0.2) is 49.3 Å². The summed E-state index contributed by atoms with van der Waals surface area (Å²) >= 11 is 1.51. The van der Waals surface area contributed by atoms with Gasteiger partial charge in [-0.3, -0.25) is 4.79 Å². The van der Waals surface area contributed by atoms with Crippen molar-refractivity contribution in [1.82, 2.24) is 4.90 Å². The molecule has 0 aromatic carbocycles. The zero-order valence-corrected chi connectivity index (χ0v) is 10.6. The van der Waals surface area contributed by atoms with E-state index in [4.69, 9.17) is 4.74 Å². The number of amides is 1. The van der Waals surface area contributed by atoms with Gasteiger partial charge in [0.25, 0.3) is 5.91 Å². The van der Waals surface area contributed by atoms with Gasteiger partial charge in [0, 0.05) is 26.1 Å². The van der Waals surface area contributed by atoms with E-state index in [1.54, 1.807) is 7.05 Å². The van der Waals surface area contributed by atoms with Gasteiger partial charge in [-0.05, 0) is 17.9 Å². The first-order valence-corrected chi connectivity index (χ1v) is 5.95. The Hall–Kier alpha value is -0.910. The highest BCUT2D eigenvalue weighted by Crippen LogP contribution is 2.15. The molecule has 1 rings (SSSR count). The molecule has 0 saturated heterocycles. The molecular weight excluding hydrogens is 226 g/mol. The first-order valence-electron chi connectivity index (χ1n) is 5.01. The average Bonchev–Trinajstić information content (AvgIpc) is 2.63. The smallest absolute Gasteiger partial charge is 0.254 e. The molecule has 90 valence electrons. The number of aliphatic hydroxyl groups is 1. The molecular formula is C11H17NO3S. The number of thiophene rings is 1. The summed E-state index contributed by atoms with van der Waals surface area (Å²) in [5.74, 6) is -0.0612. The van der Waals surface area contributed by atoms with Crippen molar-refractivity contribution in [2.75, 3.05) is 27.3 Å². The van der Waals surface area contributed by atoms with E-state index in [1.165, 1.54) is 23.3 Å². The zero-order chi connectivity index (χ0) is 12.1. The standard InChI is InChI=1S/C11H17NO3S/c1-8-6-16-7-10(8)11(14)12(2)4-9(13)5-15-3/h6-7,9,13H,4-5H2,1-3H3. The largest absolute Gasteiger partial charge is 0.389 e. The topological polar surface area (TPSA) is 49.8 Å². The quantitative estimate of drug-likeness (QED) is 0.843. The maximum Gasteiger partial charge on any atom is 0.254 e. The Morgan fingerprint density at radius 1 is 1.62 bits per heavy atom. The fourth-order valence-corrected chi connectivity index (χ4v) is 2.25. The third-order valence-electron chi connectivity index (χ3n) is 2.28. The summed E-state index contributed by atoms with van der Waals surface area (Å²) in [7, 11) is 3.20. The first kappa shape index (κ1) is 13.2. The van der Waals surface area contributed by atoms with Crippen LogP contribution in [0.2, 0.25) is 0 Å². The van der Waals surface area contributed by atoms with E-state index in [1.807, 2.05) is 17.7 Å². The monoisotopic (exact) mass is 243 g/mol. The fraction of sp³-hybridized carbons (Fsp3) is 0.545. The summed E-state index contributed by atoms with van der Waals surface area (Å²) in [4.78, 5) is 13.5. The second kappa shape index (κ2) is 5.98. The number of methoxy groups -OCH3 is 1. The maximum atomic E-state index is 11.9. The Bertz CT molecular complexity index is 351. The van der Waals surface area contributed by atoms with Crippen LogP contribution in [0.4, 0.5) is 0 Å². The van der Waals surface area contributed by atoms with Crippen LogP contribution in [0.25, 0.3) is 0 Å². The van der Waals surface area contributed by atoms with Gasteiger partial charge in [-0.25, -0.2) is 0 Å². The van der Waals surface area contributed by atoms with E-state index in [2.05, 4.69) is 0 Å². The van der Waals surface area contributed by atoms with Crippen LogP contribution >= 0.6 is 11.3 Å². The average molecular weight is 243 g/mol. The number of rotatable bonds is 5. The Labute approximate surface area is 99.5 Å². The molecule has 0 radical (unpaired) electrons. The van der Waals surface area contributed by atoms with Crippen molar-refractivity contribution in [1.29, 1.82) is 0 Å². The highest BCUT2D eigenvalue weighted by Gasteiger charge is 2.17. The second-order valence-electron chi connectivity index (χ2n) is 3.76. The molecule has 0 aliphatic rings. The van der Waals surface area contributed by atoms with Gasteiger partial charge in [0.15, 0.2) is 0 Å². The van der Waals surface area contributed by atoms with Crippen LogP contribution in [0.1, 0.15) is 15.9 Å². The second-order valence-corrected chi connectivity index (χ2v) is 4.51. The lowest BCUT2D eigenvalue weighted by molar-refractivity contribution is 0.0380. The summed E-state index contributed by atoms with van der Waals surface area (Å²) in [5, 5.41) is 13.3. The van der Waals surface area contributed by atoms with Crippen LogP contribution in [-0.2, 0) is 4.74 Å². The predicted molar refractivity (Wildman–Crippen MR) is 63.9 cm³/mol. The summed E-state index contributed by atoms with van der Waals surface area (Å²) in [6, 6.07) is 0. The van der Waals surface area contributed by atoms with Gasteiger partial charge in [0.1, 0.15) is 0 Å². The van der Waals surface area contributed by atoms with E-state index in [9.17, 15) is 9.90 Å². The number of carbonyl (C=O) groups is 1. The minimum Gasteiger partial charge on any atom is -0.389 e. The van der Waals surface area contributed by atoms with Gasteiger partial charge in [0.05, 0.1) is 18.3 Å². The van der Waals surface area contributed by atoms with E-state index >= 15 is 0 Å². The molecule has 5 heteroatoms. The third kappa shape index (κ3) is 3.30. The predicted octanol–water partition coefficient (Wildman–Crippen LogP) is 1.14. The molecule has 4 nitrogen and oxygen atoms in total. The van der Waals surface area contributed by atoms with Gasteiger partial charge < -0.3 is 14.7 Å². The lowest BCUT2D eigenvalue weighted by Gasteiger charge is -2.20. The molecule has 1 aromatic heterocycles. The van der Waals surface area contributed by atoms with Crippen molar-refractivity contribution >= 4 is 17.2 Å². The van der Waals surface area contributed by atoms with Crippen molar-refractivity contribution in [3.05, 3.63) is 21.9 Å². The fourth-order valence-electron chi connectivity index (χ4n) is 1.43. The molecule has 0 aliphatic heterocycles. The highest BCUT2D eigenvalue weighted by molar-refractivity contribution is 7.08. The summed E-state index contributed by atoms with van der Waals surface area (Å²) < 4.78 is 4.81. The van der Waals surface area contributed by atoms with Gasteiger partial charge in [-0.1, -0.05) is 0 Å². The van der Waals surface area contributed by atoms with E-state index < -0.39 is 6.10 Å². The minimum absolute atomic E-state index is 0.0612. The van der Waals surface area contributed by atoms with E-state index in [-0.39, 0.29) is 19.1 Å². The van der Waals surface area contributed by atoms with Crippen LogP contribution in [0.15, 0.2) is 10.8 Å². The Morgan fingerprint density at radius 3 is 2.81 bits per heavy atom. The summed E-state index contributed by atoms with van der Waals surface area (Å²) in [6.45, 7) is 2.42. The van der Waals surface area contributed by atoms with E-state index in [0.29, 0.717) is 5.56 Å². The zero-order valence-electron chi connectivity index (χ0n) is 9.77. The number of aryl methyl sites for hydroxylation is 1. The molecule has 1 amide bonds. The van der Waals surface area contributed by atoms with Crippen LogP contribution in [0, 0.1) is 6.92 Å². The molecule has 0 bridgehead atoms. The number of nitrogens with zero attached hydrogens (tertiary/aromatic N) is 1. The highest BCUT2D eigenvalue weighted by atomic mass is 32.1. The lowest BCUT2D eigenvalue weighted by Crippen LogP contribution is -2.36. The van der Waals surface area contributed by atoms with Gasteiger partial charge in [-0.2, -0.15) is 11.3 Å². The van der Waals surface area contributed by atoms with Gasteiger partial charge in [0.2, 0.25) is 0 Å². The van der Waals surface area contributed by atoms with Crippen LogP contribution < -0.4 is 0 Å². The molecule has 16 heavy (non-hydrogen) atoms. The van der Waals surface area contributed by atoms with Crippen molar-refractivity contribution in [2.24, 2.45) is 0 Å². The molecule has 0 saturated carbocycles. The molecule has 0 fully saturated rings. The number of aliphatic hydroxyl groups excluding tert-OH is 1. The Kier molecular flexibility index (Phi) is 4.92. The molecule has 1 aromatic rings. The maximum absolute atomic E-state index is 11.9. The lowest BCUT2D eigenvalue weighted by atomic mass is 10.2. The van der Waals surface area contributed by atoms with Crippen LogP contribution in [0.3, 0.4) is 0 Å². The number of hydrogen-bond donors (Lipinski definition) is 1. The van der Waals surface area contributed by atoms with Crippen LogP contribution in [0.5, 0.6) is 0 Å². The molecule has 1 unspecified atom stereocenters. The molecule has 0 aliphatic carbocycles. The Balaban J connectivity index is 2.58. The normalized spacial score (nSPS) is 12.5. The van der Waals surface area contributed by atoms with Gasteiger partial charge in [-0.15, -0.1) is 0 Å². The van der Waals surface area contributed by atoms with Crippen molar-refractivity contribution in [3.8, 4) is 0 Å². The molecule has 1 heterocycles. The van der Waals surface area contributed by atoms with Crippen molar-refractivity contribution in [3.63, 3.8) is 0 Å². The molecule has 1 N–H and O–H groups in total. The molecule has 1 atom stereocenters.